The third-order valence-corrected chi connectivity index (χ3v) is 2.50. The van der Waals surface area contributed by atoms with Gasteiger partial charge in [-0.3, -0.25) is 4.98 Å². The molecule has 2 aromatic rings. The molecular formula is C11H7Cl2NO. The van der Waals surface area contributed by atoms with Gasteiger partial charge in [-0.15, -0.1) is 0 Å². The molecule has 0 amide bonds. The van der Waals surface area contributed by atoms with Crippen LogP contribution in [0.4, 0.5) is 0 Å². The quantitative estimate of drug-likeness (QED) is 0.785. The second-order valence-electron chi connectivity index (χ2n) is 2.87. The Bertz CT molecular complexity index is 459. The first-order valence-electron chi connectivity index (χ1n) is 4.28. The number of ether oxygens (including phenoxy) is 1. The van der Waals surface area contributed by atoms with Gasteiger partial charge in [0, 0.05) is 12.3 Å². The summed E-state index contributed by atoms with van der Waals surface area (Å²) in [5.41, 5.74) is 0. The van der Waals surface area contributed by atoms with E-state index in [0.717, 1.165) is 0 Å². The predicted molar refractivity (Wildman–Crippen MR) is 60.8 cm³/mol. The molecule has 0 radical (unpaired) electrons. The average molecular weight is 240 g/mol. The molecule has 0 unspecified atom stereocenters. The Labute approximate surface area is 97.4 Å². The van der Waals surface area contributed by atoms with Crippen LogP contribution in [0.25, 0.3) is 0 Å². The molecule has 0 fully saturated rings. The fourth-order valence-electron chi connectivity index (χ4n) is 1.08. The molecule has 0 saturated carbocycles. The molecule has 0 aliphatic rings. The van der Waals surface area contributed by atoms with Crippen molar-refractivity contribution in [3.63, 3.8) is 0 Å². The number of hydrogen-bond acceptors (Lipinski definition) is 2. The van der Waals surface area contributed by atoms with Crippen LogP contribution in [-0.4, -0.2) is 4.98 Å². The predicted octanol–water partition coefficient (Wildman–Crippen LogP) is 4.18. The monoisotopic (exact) mass is 239 g/mol. The molecule has 0 aliphatic carbocycles. The van der Waals surface area contributed by atoms with Crippen LogP contribution in [0.1, 0.15) is 0 Å². The van der Waals surface area contributed by atoms with Crippen molar-refractivity contribution in [2.24, 2.45) is 0 Å². The van der Waals surface area contributed by atoms with Gasteiger partial charge >= 0.3 is 0 Å². The lowest BCUT2D eigenvalue weighted by Gasteiger charge is -2.05. The highest BCUT2D eigenvalue weighted by Crippen LogP contribution is 2.28. The molecule has 4 heteroatoms. The van der Waals surface area contributed by atoms with Gasteiger partial charge in [0.1, 0.15) is 11.5 Å². The molecule has 1 aromatic carbocycles. The van der Waals surface area contributed by atoms with E-state index < -0.39 is 0 Å². The average Bonchev–Trinajstić information content (AvgIpc) is 2.25. The summed E-state index contributed by atoms with van der Waals surface area (Å²) >= 11 is 11.6. The standard InChI is InChI=1S/C11H7Cl2NO/c12-10-4-3-8(6-11(10)13)15-9-2-1-5-14-7-9/h1-7H. The van der Waals surface area contributed by atoms with Gasteiger partial charge in [0.25, 0.3) is 0 Å². The van der Waals surface area contributed by atoms with Crippen LogP contribution >= 0.6 is 23.2 Å². The van der Waals surface area contributed by atoms with Crippen LogP contribution in [0.15, 0.2) is 42.7 Å². The van der Waals surface area contributed by atoms with E-state index in [-0.39, 0.29) is 0 Å². The molecule has 2 nitrogen and oxygen atoms in total. The Morgan fingerprint density at radius 2 is 1.87 bits per heavy atom. The van der Waals surface area contributed by atoms with E-state index in [4.69, 9.17) is 27.9 Å². The van der Waals surface area contributed by atoms with Crippen LogP contribution in [0.3, 0.4) is 0 Å². The molecule has 15 heavy (non-hydrogen) atoms. The van der Waals surface area contributed by atoms with E-state index in [2.05, 4.69) is 4.98 Å². The summed E-state index contributed by atoms with van der Waals surface area (Å²) in [6.45, 7) is 0. The number of hydrogen-bond donors (Lipinski definition) is 0. The Morgan fingerprint density at radius 3 is 2.53 bits per heavy atom. The first-order valence-corrected chi connectivity index (χ1v) is 5.04. The van der Waals surface area contributed by atoms with Gasteiger partial charge in [-0.2, -0.15) is 0 Å². The Kier molecular flexibility index (Phi) is 3.09. The van der Waals surface area contributed by atoms with Crippen molar-refractivity contribution in [3.8, 4) is 11.5 Å². The van der Waals surface area contributed by atoms with Gasteiger partial charge in [-0.05, 0) is 24.3 Å². The zero-order valence-corrected chi connectivity index (χ0v) is 9.16. The van der Waals surface area contributed by atoms with Gasteiger partial charge < -0.3 is 4.74 Å². The number of aromatic nitrogens is 1. The van der Waals surface area contributed by atoms with Gasteiger partial charge in [-0.25, -0.2) is 0 Å². The van der Waals surface area contributed by atoms with E-state index >= 15 is 0 Å². The summed E-state index contributed by atoms with van der Waals surface area (Å²) in [6, 6.07) is 8.72. The van der Waals surface area contributed by atoms with Crippen LogP contribution in [0.2, 0.25) is 10.0 Å². The molecule has 0 saturated heterocycles. The molecule has 2 rings (SSSR count). The van der Waals surface area contributed by atoms with E-state index in [1.807, 2.05) is 6.07 Å². The van der Waals surface area contributed by atoms with Crippen molar-refractivity contribution in [1.29, 1.82) is 0 Å². The van der Waals surface area contributed by atoms with Gasteiger partial charge in [0.05, 0.1) is 16.2 Å². The lowest BCUT2D eigenvalue weighted by Crippen LogP contribution is -1.84. The van der Waals surface area contributed by atoms with Crippen molar-refractivity contribution in [2.75, 3.05) is 0 Å². The minimum absolute atomic E-state index is 0.470. The molecule has 0 bridgehead atoms. The lowest BCUT2D eigenvalue weighted by atomic mass is 10.3. The van der Waals surface area contributed by atoms with Crippen LogP contribution in [0.5, 0.6) is 11.5 Å². The molecule has 0 spiro atoms. The van der Waals surface area contributed by atoms with Crippen molar-refractivity contribution in [1.82, 2.24) is 4.98 Å². The summed E-state index contributed by atoms with van der Waals surface area (Å²) in [4.78, 5) is 3.94. The maximum absolute atomic E-state index is 5.85. The highest BCUT2D eigenvalue weighted by molar-refractivity contribution is 6.42. The first kappa shape index (κ1) is 10.3. The highest BCUT2D eigenvalue weighted by Gasteiger charge is 2.01. The second kappa shape index (κ2) is 4.51. The molecule has 0 atom stereocenters. The molecule has 1 aromatic heterocycles. The number of rotatable bonds is 2. The third kappa shape index (κ3) is 2.61. The van der Waals surface area contributed by atoms with Crippen LogP contribution < -0.4 is 4.74 Å². The Morgan fingerprint density at radius 1 is 1.00 bits per heavy atom. The normalized spacial score (nSPS) is 10.0. The van der Waals surface area contributed by atoms with E-state index in [0.29, 0.717) is 21.5 Å². The van der Waals surface area contributed by atoms with Crippen LogP contribution in [0, 0.1) is 0 Å². The maximum Gasteiger partial charge on any atom is 0.145 e. The smallest absolute Gasteiger partial charge is 0.145 e. The number of benzene rings is 1. The van der Waals surface area contributed by atoms with Crippen molar-refractivity contribution < 1.29 is 4.74 Å². The fourth-order valence-corrected chi connectivity index (χ4v) is 1.37. The summed E-state index contributed by atoms with van der Waals surface area (Å²) in [5, 5.41) is 0.980. The van der Waals surface area contributed by atoms with Gasteiger partial charge in [-0.1, -0.05) is 23.2 Å². The Hall–Kier alpha value is -1.25. The molecule has 0 N–H and O–H groups in total. The van der Waals surface area contributed by atoms with E-state index in [1.54, 1.807) is 36.7 Å². The summed E-state index contributed by atoms with van der Waals surface area (Å²) in [5.74, 6) is 1.30. The number of halogens is 2. The largest absolute Gasteiger partial charge is 0.456 e. The third-order valence-electron chi connectivity index (χ3n) is 1.76. The first-order chi connectivity index (χ1) is 7.25. The minimum Gasteiger partial charge on any atom is -0.456 e. The van der Waals surface area contributed by atoms with Crippen molar-refractivity contribution in [3.05, 3.63) is 52.8 Å². The Balaban J connectivity index is 2.22. The molecule has 1 heterocycles. The van der Waals surface area contributed by atoms with Gasteiger partial charge in [0.15, 0.2) is 0 Å². The zero-order valence-electron chi connectivity index (χ0n) is 7.65. The van der Waals surface area contributed by atoms with Crippen molar-refractivity contribution in [2.45, 2.75) is 0 Å². The molecule has 0 aliphatic heterocycles. The fraction of sp³-hybridized carbons (Fsp3) is 0. The van der Waals surface area contributed by atoms with Crippen LogP contribution in [-0.2, 0) is 0 Å². The minimum atomic E-state index is 0.470. The van der Waals surface area contributed by atoms with E-state index in [1.165, 1.54) is 0 Å². The summed E-state index contributed by atoms with van der Waals surface area (Å²) in [6.07, 6.45) is 3.31. The van der Waals surface area contributed by atoms with Gasteiger partial charge in [0.2, 0.25) is 0 Å². The summed E-state index contributed by atoms with van der Waals surface area (Å²) in [7, 11) is 0. The SMILES string of the molecule is Clc1ccc(Oc2cccnc2)cc1Cl. The second-order valence-corrected chi connectivity index (χ2v) is 3.68. The maximum atomic E-state index is 5.85. The van der Waals surface area contributed by atoms with Crippen molar-refractivity contribution >= 4 is 23.2 Å². The molecular weight excluding hydrogens is 233 g/mol. The lowest BCUT2D eigenvalue weighted by molar-refractivity contribution is 0.480. The molecule has 76 valence electrons. The van der Waals surface area contributed by atoms with E-state index in [9.17, 15) is 0 Å². The number of nitrogens with zero attached hydrogens (tertiary/aromatic N) is 1. The number of pyridine rings is 1. The topological polar surface area (TPSA) is 22.1 Å². The zero-order chi connectivity index (χ0) is 10.7. The summed E-state index contributed by atoms with van der Waals surface area (Å²) < 4.78 is 5.51. The highest BCUT2D eigenvalue weighted by atomic mass is 35.5.